The molecule has 0 bridgehead atoms. The highest BCUT2D eigenvalue weighted by Crippen LogP contribution is 2.15. The molecule has 3 amide bonds. The zero-order valence-corrected chi connectivity index (χ0v) is 9.19. The maximum atomic E-state index is 11.8. The highest BCUT2D eigenvalue weighted by molar-refractivity contribution is 6.02. The molecule has 1 aliphatic rings. The van der Waals surface area contributed by atoms with Crippen molar-refractivity contribution in [2.45, 2.75) is 32.7 Å². The van der Waals surface area contributed by atoms with Gasteiger partial charge in [-0.25, -0.2) is 4.79 Å². The third kappa shape index (κ3) is 2.30. The molecule has 1 rings (SSSR count). The Morgan fingerprint density at radius 2 is 2.20 bits per heavy atom. The molecular formula is C11H16N2O2. The highest BCUT2D eigenvalue weighted by atomic mass is 16.2. The molecule has 0 spiro atoms. The highest BCUT2D eigenvalue weighted by Gasteiger charge is 2.37. The van der Waals surface area contributed by atoms with Crippen LogP contribution in [0.15, 0.2) is 0 Å². The number of rotatable bonds is 4. The van der Waals surface area contributed by atoms with E-state index < -0.39 is 0 Å². The van der Waals surface area contributed by atoms with Crippen LogP contribution in [0.5, 0.6) is 0 Å². The van der Waals surface area contributed by atoms with Gasteiger partial charge in [-0.05, 0) is 13.3 Å². The second-order valence-electron chi connectivity index (χ2n) is 3.73. The van der Waals surface area contributed by atoms with Crippen molar-refractivity contribution in [3.63, 3.8) is 0 Å². The van der Waals surface area contributed by atoms with E-state index in [-0.39, 0.29) is 24.5 Å². The topological polar surface area (TPSA) is 40.6 Å². The van der Waals surface area contributed by atoms with Crippen molar-refractivity contribution in [2.75, 3.05) is 13.1 Å². The van der Waals surface area contributed by atoms with E-state index in [9.17, 15) is 9.59 Å². The summed E-state index contributed by atoms with van der Waals surface area (Å²) in [5.74, 6) is 2.33. The Morgan fingerprint density at radius 1 is 1.53 bits per heavy atom. The number of carbonyl (C=O) groups excluding carboxylic acids is 2. The predicted molar refractivity (Wildman–Crippen MR) is 57.0 cm³/mol. The van der Waals surface area contributed by atoms with Gasteiger partial charge in [0.2, 0.25) is 0 Å². The van der Waals surface area contributed by atoms with Gasteiger partial charge in [-0.1, -0.05) is 6.92 Å². The van der Waals surface area contributed by atoms with E-state index in [0.717, 1.165) is 6.42 Å². The second-order valence-corrected chi connectivity index (χ2v) is 3.73. The molecule has 1 aliphatic heterocycles. The van der Waals surface area contributed by atoms with E-state index in [2.05, 4.69) is 5.92 Å². The molecule has 15 heavy (non-hydrogen) atoms. The van der Waals surface area contributed by atoms with Gasteiger partial charge in [0.15, 0.2) is 0 Å². The summed E-state index contributed by atoms with van der Waals surface area (Å²) in [7, 11) is 0. The largest absolute Gasteiger partial charge is 0.327 e. The fraction of sp³-hybridized carbons (Fsp3) is 0.636. The van der Waals surface area contributed by atoms with Crippen LogP contribution < -0.4 is 0 Å². The maximum Gasteiger partial charge on any atom is 0.327 e. The average Bonchev–Trinajstić information content (AvgIpc) is 2.43. The van der Waals surface area contributed by atoms with E-state index in [1.54, 1.807) is 11.8 Å². The molecule has 1 heterocycles. The lowest BCUT2D eigenvalue weighted by Crippen LogP contribution is -2.39. The van der Waals surface area contributed by atoms with Gasteiger partial charge in [-0.2, -0.15) is 0 Å². The minimum absolute atomic E-state index is 0.142. The minimum atomic E-state index is -0.204. The molecule has 0 saturated carbocycles. The van der Waals surface area contributed by atoms with Crippen LogP contribution in [-0.2, 0) is 4.79 Å². The van der Waals surface area contributed by atoms with Gasteiger partial charge < -0.3 is 4.90 Å². The molecule has 82 valence electrons. The summed E-state index contributed by atoms with van der Waals surface area (Å²) in [5.41, 5.74) is 0. The first-order chi connectivity index (χ1) is 7.11. The van der Waals surface area contributed by atoms with E-state index >= 15 is 0 Å². The zero-order valence-electron chi connectivity index (χ0n) is 9.19. The van der Waals surface area contributed by atoms with Gasteiger partial charge in [0.05, 0.1) is 0 Å². The summed E-state index contributed by atoms with van der Waals surface area (Å²) in [6.07, 6.45) is 6.44. The Labute approximate surface area is 90.2 Å². The lowest BCUT2D eigenvalue weighted by Gasteiger charge is -2.21. The molecule has 0 radical (unpaired) electrons. The van der Waals surface area contributed by atoms with Gasteiger partial charge in [-0.3, -0.25) is 9.69 Å². The van der Waals surface area contributed by atoms with Crippen LogP contribution in [0.3, 0.4) is 0 Å². The average molecular weight is 208 g/mol. The van der Waals surface area contributed by atoms with Gasteiger partial charge in [0.25, 0.3) is 5.91 Å². The number of terminal acetylenes is 1. The van der Waals surface area contributed by atoms with E-state index in [1.807, 2.05) is 6.92 Å². The molecule has 4 heteroatoms. The Balaban J connectivity index is 2.71. The van der Waals surface area contributed by atoms with Crippen molar-refractivity contribution in [3.8, 4) is 12.3 Å². The van der Waals surface area contributed by atoms with E-state index in [1.165, 1.54) is 4.90 Å². The van der Waals surface area contributed by atoms with Gasteiger partial charge in [0, 0.05) is 19.0 Å². The lowest BCUT2D eigenvalue weighted by atomic mass is 10.2. The summed E-state index contributed by atoms with van der Waals surface area (Å²) in [6, 6.07) is -0.401. The SMILES string of the molecule is C#CC[C@@H](C)N1C(=O)CN(CCC)C1=O. The molecule has 0 aromatic carbocycles. The van der Waals surface area contributed by atoms with Crippen LogP contribution in [0, 0.1) is 12.3 Å². The summed E-state index contributed by atoms with van der Waals surface area (Å²) < 4.78 is 0. The summed E-state index contributed by atoms with van der Waals surface area (Å²) in [6.45, 7) is 4.60. The molecule has 1 fully saturated rings. The molecule has 0 unspecified atom stereocenters. The fourth-order valence-electron chi connectivity index (χ4n) is 1.71. The Hall–Kier alpha value is -1.50. The maximum absolute atomic E-state index is 11.8. The monoisotopic (exact) mass is 208 g/mol. The Bertz CT molecular complexity index is 306. The predicted octanol–water partition coefficient (Wildman–Crippen LogP) is 1.07. The number of carbonyl (C=O) groups is 2. The Morgan fingerprint density at radius 3 is 2.73 bits per heavy atom. The summed E-state index contributed by atoms with van der Waals surface area (Å²) in [5, 5.41) is 0. The number of imide groups is 1. The van der Waals surface area contributed by atoms with Crippen LogP contribution >= 0.6 is 0 Å². The summed E-state index contributed by atoms with van der Waals surface area (Å²) >= 11 is 0. The van der Waals surface area contributed by atoms with Gasteiger partial charge >= 0.3 is 6.03 Å². The smallest absolute Gasteiger partial charge is 0.315 e. The molecule has 0 aromatic heterocycles. The lowest BCUT2D eigenvalue weighted by molar-refractivity contribution is -0.126. The third-order valence-electron chi connectivity index (χ3n) is 2.42. The third-order valence-corrected chi connectivity index (χ3v) is 2.42. The number of hydrogen-bond acceptors (Lipinski definition) is 2. The number of nitrogens with zero attached hydrogens (tertiary/aromatic N) is 2. The molecule has 4 nitrogen and oxygen atoms in total. The van der Waals surface area contributed by atoms with Crippen LogP contribution in [-0.4, -0.2) is 40.9 Å². The van der Waals surface area contributed by atoms with E-state index in [4.69, 9.17) is 6.42 Å². The van der Waals surface area contributed by atoms with Crippen molar-refractivity contribution in [3.05, 3.63) is 0 Å². The Kier molecular flexibility index (Phi) is 3.73. The molecule has 1 saturated heterocycles. The molecule has 0 aromatic rings. The van der Waals surface area contributed by atoms with Crippen LogP contribution in [0.1, 0.15) is 26.7 Å². The van der Waals surface area contributed by atoms with Crippen molar-refractivity contribution in [1.29, 1.82) is 0 Å². The van der Waals surface area contributed by atoms with Crippen LogP contribution in [0.4, 0.5) is 4.79 Å². The molecule has 0 aliphatic carbocycles. The van der Waals surface area contributed by atoms with Crippen molar-refractivity contribution < 1.29 is 9.59 Å². The first kappa shape index (κ1) is 11.6. The number of amides is 3. The minimum Gasteiger partial charge on any atom is -0.315 e. The van der Waals surface area contributed by atoms with Crippen molar-refractivity contribution >= 4 is 11.9 Å². The zero-order chi connectivity index (χ0) is 11.4. The van der Waals surface area contributed by atoms with Gasteiger partial charge in [0.1, 0.15) is 6.54 Å². The first-order valence-corrected chi connectivity index (χ1v) is 5.16. The van der Waals surface area contributed by atoms with Crippen LogP contribution in [0.2, 0.25) is 0 Å². The van der Waals surface area contributed by atoms with Crippen molar-refractivity contribution in [2.24, 2.45) is 0 Å². The summed E-state index contributed by atoms with van der Waals surface area (Å²) in [4.78, 5) is 26.2. The number of hydrogen-bond donors (Lipinski definition) is 0. The van der Waals surface area contributed by atoms with E-state index in [0.29, 0.717) is 13.0 Å². The molecular weight excluding hydrogens is 192 g/mol. The van der Waals surface area contributed by atoms with Gasteiger partial charge in [-0.15, -0.1) is 12.3 Å². The molecule has 0 N–H and O–H groups in total. The van der Waals surface area contributed by atoms with Crippen LogP contribution in [0.25, 0.3) is 0 Å². The van der Waals surface area contributed by atoms with Crippen molar-refractivity contribution in [1.82, 2.24) is 9.80 Å². The number of urea groups is 1. The standard InChI is InChI=1S/C11H16N2O2/c1-4-6-9(3)13-10(14)8-12(7-5-2)11(13)15/h1,9H,5-8H2,2-3H3/t9-/m1/s1. The molecule has 1 atom stereocenters. The quantitative estimate of drug-likeness (QED) is 0.512. The normalized spacial score (nSPS) is 18.2. The second kappa shape index (κ2) is 4.83. The fourth-order valence-corrected chi connectivity index (χ4v) is 1.71. The first-order valence-electron chi connectivity index (χ1n) is 5.16.